The predicted octanol–water partition coefficient (Wildman–Crippen LogP) is 0.990. The highest BCUT2D eigenvalue weighted by Crippen LogP contribution is 2.18. The van der Waals surface area contributed by atoms with Crippen molar-refractivity contribution >= 4 is 19.0 Å². The average Bonchev–Trinajstić information content (AvgIpc) is 2.17. The molecule has 1 aromatic rings. The molecule has 0 aromatic heterocycles. The van der Waals surface area contributed by atoms with Crippen molar-refractivity contribution in [2.75, 3.05) is 6.16 Å². The van der Waals surface area contributed by atoms with Crippen LogP contribution in [0.4, 0.5) is 0 Å². The fraction of sp³-hybridized carbons (Fsp3) is 0.222. The fourth-order valence-electron chi connectivity index (χ4n) is 1.02. The first-order valence-electron chi connectivity index (χ1n) is 4.08. The molecule has 0 spiro atoms. The SMILES string of the molecule is CC[PH](=O)c1ccc(C(N)=O)cc1. The molecule has 0 aliphatic rings. The summed E-state index contributed by atoms with van der Waals surface area (Å²) in [4.78, 5) is 10.7. The van der Waals surface area contributed by atoms with Crippen molar-refractivity contribution in [1.29, 1.82) is 0 Å². The van der Waals surface area contributed by atoms with Gasteiger partial charge in [-0.05, 0) is 18.3 Å². The van der Waals surface area contributed by atoms with Gasteiger partial charge in [0.15, 0.2) is 0 Å². The molecular formula is C9H12NO2P. The maximum absolute atomic E-state index is 11.4. The third-order valence-electron chi connectivity index (χ3n) is 1.81. The number of hydrogen-bond donors (Lipinski definition) is 1. The molecule has 13 heavy (non-hydrogen) atoms. The van der Waals surface area contributed by atoms with E-state index in [4.69, 9.17) is 5.73 Å². The van der Waals surface area contributed by atoms with Gasteiger partial charge in [-0.15, -0.1) is 0 Å². The largest absolute Gasteiger partial charge is 0.366 e. The molecule has 0 saturated heterocycles. The number of carbonyl (C=O) groups is 1. The first-order chi connectivity index (χ1) is 6.15. The van der Waals surface area contributed by atoms with Crippen LogP contribution < -0.4 is 11.0 Å². The van der Waals surface area contributed by atoms with Crippen LogP contribution in [0.3, 0.4) is 0 Å². The molecule has 70 valence electrons. The van der Waals surface area contributed by atoms with Crippen LogP contribution in [-0.2, 0) is 4.57 Å². The van der Waals surface area contributed by atoms with E-state index in [0.29, 0.717) is 11.7 Å². The molecule has 0 heterocycles. The molecule has 3 nitrogen and oxygen atoms in total. The van der Waals surface area contributed by atoms with Crippen molar-refractivity contribution in [3.63, 3.8) is 0 Å². The lowest BCUT2D eigenvalue weighted by Gasteiger charge is -1.99. The molecule has 0 aliphatic carbocycles. The number of benzene rings is 1. The molecule has 1 rings (SSSR count). The zero-order valence-corrected chi connectivity index (χ0v) is 8.41. The Morgan fingerprint density at radius 1 is 1.38 bits per heavy atom. The van der Waals surface area contributed by atoms with Gasteiger partial charge in [0, 0.05) is 10.9 Å². The second kappa shape index (κ2) is 4.24. The Hall–Kier alpha value is -1.08. The summed E-state index contributed by atoms with van der Waals surface area (Å²) >= 11 is 0. The molecule has 4 heteroatoms. The molecular weight excluding hydrogens is 185 g/mol. The standard InChI is InChI=1S/C9H12NO2P/c1-2-13(12)8-5-3-7(4-6-8)9(10)11/h3-6,13H,2H2,1H3,(H2,10,11). The summed E-state index contributed by atoms with van der Waals surface area (Å²) in [7, 11) is -1.65. The molecule has 1 atom stereocenters. The molecule has 0 saturated carbocycles. The van der Waals surface area contributed by atoms with Crippen LogP contribution in [0.25, 0.3) is 0 Å². The Bertz CT molecular complexity index is 332. The third-order valence-corrected chi connectivity index (χ3v) is 3.43. The first kappa shape index (κ1) is 10.0. The molecule has 1 aromatic carbocycles. The quantitative estimate of drug-likeness (QED) is 0.734. The lowest BCUT2D eigenvalue weighted by atomic mass is 10.2. The van der Waals surface area contributed by atoms with Crippen molar-refractivity contribution < 1.29 is 9.36 Å². The number of hydrogen-bond acceptors (Lipinski definition) is 2. The summed E-state index contributed by atoms with van der Waals surface area (Å²) < 4.78 is 11.4. The van der Waals surface area contributed by atoms with Gasteiger partial charge in [0.2, 0.25) is 5.91 Å². The predicted molar refractivity (Wildman–Crippen MR) is 54.1 cm³/mol. The maximum Gasteiger partial charge on any atom is 0.248 e. The van der Waals surface area contributed by atoms with Gasteiger partial charge in [0.05, 0.1) is 0 Å². The molecule has 1 unspecified atom stereocenters. The number of amides is 1. The zero-order valence-electron chi connectivity index (χ0n) is 7.41. The van der Waals surface area contributed by atoms with E-state index >= 15 is 0 Å². The van der Waals surface area contributed by atoms with E-state index in [1.54, 1.807) is 24.3 Å². The summed E-state index contributed by atoms with van der Waals surface area (Å²) in [5.41, 5.74) is 5.52. The van der Waals surface area contributed by atoms with Gasteiger partial charge in [-0.2, -0.15) is 0 Å². The van der Waals surface area contributed by atoms with Gasteiger partial charge < -0.3 is 10.3 Å². The number of carbonyl (C=O) groups excluding carboxylic acids is 1. The number of rotatable bonds is 3. The van der Waals surface area contributed by atoms with Gasteiger partial charge in [0.1, 0.15) is 7.80 Å². The van der Waals surface area contributed by atoms with Gasteiger partial charge in [0.25, 0.3) is 0 Å². The zero-order chi connectivity index (χ0) is 9.84. The van der Waals surface area contributed by atoms with E-state index in [9.17, 15) is 9.36 Å². The lowest BCUT2D eigenvalue weighted by Crippen LogP contribution is -2.11. The number of nitrogens with two attached hydrogens (primary N) is 1. The Kier molecular flexibility index (Phi) is 3.26. The molecule has 2 N–H and O–H groups in total. The van der Waals surface area contributed by atoms with E-state index < -0.39 is 13.7 Å². The Labute approximate surface area is 77.7 Å². The van der Waals surface area contributed by atoms with Gasteiger partial charge in [-0.1, -0.05) is 19.1 Å². The minimum absolute atomic E-state index is 0.453. The Balaban J connectivity index is 2.93. The minimum atomic E-state index is -1.65. The fourth-order valence-corrected chi connectivity index (χ4v) is 1.97. The summed E-state index contributed by atoms with van der Waals surface area (Å²) in [5, 5.41) is 0.803. The molecule has 0 fully saturated rings. The van der Waals surface area contributed by atoms with Crippen LogP contribution in [0.15, 0.2) is 24.3 Å². The molecule has 0 bridgehead atoms. The second-order valence-corrected chi connectivity index (χ2v) is 4.85. The highest BCUT2D eigenvalue weighted by molar-refractivity contribution is 7.53. The molecule has 0 aliphatic heterocycles. The lowest BCUT2D eigenvalue weighted by molar-refractivity contribution is 0.100. The van der Waals surface area contributed by atoms with E-state index in [1.807, 2.05) is 6.92 Å². The molecule has 1 amide bonds. The van der Waals surface area contributed by atoms with E-state index in [1.165, 1.54) is 0 Å². The van der Waals surface area contributed by atoms with Crippen LogP contribution in [0.5, 0.6) is 0 Å². The highest BCUT2D eigenvalue weighted by Gasteiger charge is 2.02. The smallest absolute Gasteiger partial charge is 0.248 e. The second-order valence-electron chi connectivity index (χ2n) is 2.72. The monoisotopic (exact) mass is 197 g/mol. The number of primary amides is 1. The summed E-state index contributed by atoms with van der Waals surface area (Å²) in [6.07, 6.45) is 0.653. The van der Waals surface area contributed by atoms with E-state index in [0.717, 1.165) is 5.30 Å². The van der Waals surface area contributed by atoms with Crippen LogP contribution in [0.1, 0.15) is 17.3 Å². The molecule has 0 radical (unpaired) electrons. The minimum Gasteiger partial charge on any atom is -0.366 e. The van der Waals surface area contributed by atoms with Crippen molar-refractivity contribution in [3.05, 3.63) is 29.8 Å². The average molecular weight is 197 g/mol. The van der Waals surface area contributed by atoms with Gasteiger partial charge in [-0.25, -0.2) is 0 Å². The summed E-state index contributed by atoms with van der Waals surface area (Å²) in [6.45, 7) is 1.88. The maximum atomic E-state index is 11.4. The first-order valence-corrected chi connectivity index (χ1v) is 5.69. The van der Waals surface area contributed by atoms with Crippen LogP contribution in [0.2, 0.25) is 0 Å². The Morgan fingerprint density at radius 2 is 1.92 bits per heavy atom. The summed E-state index contributed by atoms with van der Waals surface area (Å²) in [6, 6.07) is 6.61. The van der Waals surface area contributed by atoms with Gasteiger partial charge >= 0.3 is 0 Å². The van der Waals surface area contributed by atoms with Crippen molar-refractivity contribution in [2.45, 2.75) is 6.92 Å². The topological polar surface area (TPSA) is 60.2 Å². The van der Waals surface area contributed by atoms with E-state index in [2.05, 4.69) is 0 Å². The van der Waals surface area contributed by atoms with Crippen LogP contribution in [0, 0.1) is 0 Å². The van der Waals surface area contributed by atoms with Crippen LogP contribution in [-0.4, -0.2) is 12.1 Å². The highest BCUT2D eigenvalue weighted by atomic mass is 31.1. The summed E-state index contributed by atoms with van der Waals surface area (Å²) in [5.74, 6) is -0.456. The normalized spacial score (nSPS) is 12.4. The Morgan fingerprint density at radius 3 is 2.31 bits per heavy atom. The third kappa shape index (κ3) is 2.43. The van der Waals surface area contributed by atoms with Crippen molar-refractivity contribution in [3.8, 4) is 0 Å². The van der Waals surface area contributed by atoms with Gasteiger partial charge in [-0.3, -0.25) is 4.79 Å². The van der Waals surface area contributed by atoms with Crippen molar-refractivity contribution in [2.24, 2.45) is 5.73 Å². The van der Waals surface area contributed by atoms with Crippen molar-refractivity contribution in [1.82, 2.24) is 0 Å². The van der Waals surface area contributed by atoms with E-state index in [-0.39, 0.29) is 0 Å². The van der Waals surface area contributed by atoms with Crippen LogP contribution >= 0.6 is 7.80 Å².